The van der Waals surface area contributed by atoms with Gasteiger partial charge in [-0.1, -0.05) is 31.5 Å². The lowest BCUT2D eigenvalue weighted by Crippen LogP contribution is -2.39. The molecule has 0 radical (unpaired) electrons. The van der Waals surface area contributed by atoms with Crippen molar-refractivity contribution in [3.05, 3.63) is 53.9 Å². The molecule has 2 N–H and O–H groups in total. The first-order valence-electron chi connectivity index (χ1n) is 8.03. The Morgan fingerprint density at radius 2 is 1.77 bits per heavy atom. The molecule has 1 aromatic carbocycles. The largest absolute Gasteiger partial charge is 0.341 e. The average molecular weight is 400 g/mol. The summed E-state index contributed by atoms with van der Waals surface area (Å²) in [5.74, 6) is -0.237. The van der Waals surface area contributed by atoms with Crippen molar-refractivity contribution < 1.29 is 13.2 Å². The third-order valence-corrected chi connectivity index (χ3v) is 5.73. The fourth-order valence-corrected chi connectivity index (χ4v) is 3.68. The highest BCUT2D eigenvalue weighted by molar-refractivity contribution is 7.90. The molecule has 2 aromatic rings. The molecule has 0 aliphatic heterocycles. The van der Waals surface area contributed by atoms with Crippen molar-refractivity contribution in [2.45, 2.75) is 25.7 Å². The summed E-state index contributed by atoms with van der Waals surface area (Å²) in [5, 5.41) is 0. The van der Waals surface area contributed by atoms with Gasteiger partial charge < -0.3 is 10.6 Å². The predicted octanol–water partition coefficient (Wildman–Crippen LogP) is 2.51. The number of carbonyl (C=O) groups excluding carboxylic acids is 1. The van der Waals surface area contributed by atoms with Gasteiger partial charge in [0.1, 0.15) is 0 Å². The molecule has 0 aliphatic carbocycles. The van der Waals surface area contributed by atoms with Crippen LogP contribution in [0.5, 0.6) is 0 Å². The number of benzene rings is 1. The van der Waals surface area contributed by atoms with Crippen LogP contribution in [0.25, 0.3) is 0 Å². The van der Waals surface area contributed by atoms with E-state index in [1.165, 1.54) is 18.5 Å². The lowest BCUT2D eigenvalue weighted by Gasteiger charge is -2.28. The summed E-state index contributed by atoms with van der Waals surface area (Å²) in [6.45, 7) is 6.78. The zero-order chi connectivity index (χ0) is 18.8. The van der Waals surface area contributed by atoms with E-state index in [0.29, 0.717) is 18.7 Å². The van der Waals surface area contributed by atoms with E-state index < -0.39 is 10.0 Å². The summed E-state index contributed by atoms with van der Waals surface area (Å²) < 4.78 is 26.4. The molecule has 0 unspecified atom stereocenters. The van der Waals surface area contributed by atoms with Crippen LogP contribution >= 0.6 is 12.4 Å². The lowest BCUT2D eigenvalue weighted by atomic mass is 9.93. The van der Waals surface area contributed by atoms with Gasteiger partial charge in [-0.25, -0.2) is 12.4 Å². The number of rotatable bonds is 6. The Morgan fingerprint density at radius 1 is 1.19 bits per heavy atom. The molecule has 26 heavy (non-hydrogen) atoms. The Bertz CT molecular complexity index is 858. The first-order valence-corrected chi connectivity index (χ1v) is 9.47. The van der Waals surface area contributed by atoms with Gasteiger partial charge in [-0.3, -0.25) is 4.79 Å². The molecular formula is C18H26ClN3O3S. The molecule has 0 bridgehead atoms. The maximum Gasteiger partial charge on any atom is 0.267 e. The van der Waals surface area contributed by atoms with Crippen LogP contribution < -0.4 is 5.73 Å². The Hall–Kier alpha value is -1.83. The summed E-state index contributed by atoms with van der Waals surface area (Å²) in [5.41, 5.74) is 6.80. The molecule has 0 saturated heterocycles. The molecule has 2 rings (SSSR count). The number of carbonyl (C=O) groups is 1. The molecule has 0 atom stereocenters. The second-order valence-corrected chi connectivity index (χ2v) is 8.92. The number of hydrogen-bond acceptors (Lipinski definition) is 4. The molecule has 1 amide bonds. The lowest BCUT2D eigenvalue weighted by molar-refractivity contribution is 0.0740. The Balaban J connectivity index is 0.00000338. The van der Waals surface area contributed by atoms with Crippen LogP contribution in [0.2, 0.25) is 0 Å². The van der Waals surface area contributed by atoms with Gasteiger partial charge >= 0.3 is 0 Å². The molecule has 0 spiro atoms. The van der Waals surface area contributed by atoms with E-state index in [1.54, 1.807) is 36.2 Å². The van der Waals surface area contributed by atoms with Crippen LogP contribution in [-0.4, -0.2) is 43.3 Å². The molecule has 8 heteroatoms. The second kappa shape index (κ2) is 8.24. The first-order chi connectivity index (χ1) is 11.6. The molecule has 1 heterocycles. The number of hydrogen-bond donors (Lipinski definition) is 1. The molecular weight excluding hydrogens is 374 g/mol. The normalized spacial score (nSPS) is 11.7. The van der Waals surface area contributed by atoms with E-state index in [-0.39, 0.29) is 28.6 Å². The highest BCUT2D eigenvalue weighted by Gasteiger charge is 2.24. The Kier molecular flexibility index (Phi) is 7.04. The van der Waals surface area contributed by atoms with Gasteiger partial charge in [0.05, 0.1) is 10.5 Å². The number of aryl methyl sites for hydroxylation is 1. The first kappa shape index (κ1) is 22.2. The second-order valence-electron chi connectivity index (χ2n) is 7.08. The molecule has 0 aliphatic rings. The monoisotopic (exact) mass is 399 g/mol. The van der Waals surface area contributed by atoms with Crippen molar-refractivity contribution in [1.29, 1.82) is 0 Å². The fourth-order valence-electron chi connectivity index (χ4n) is 2.48. The van der Waals surface area contributed by atoms with E-state index in [1.807, 2.05) is 20.8 Å². The standard InChI is InChI=1S/C18H25N3O3S.ClH/c1-14-5-7-16(8-6-14)25(23,24)21-10-9-15(11-21)17(22)20(4)13-18(2,3)12-19;/h5-11H,12-13,19H2,1-4H3;1H. The van der Waals surface area contributed by atoms with Crippen LogP contribution in [0.4, 0.5) is 0 Å². The van der Waals surface area contributed by atoms with Crippen molar-refractivity contribution in [3.63, 3.8) is 0 Å². The van der Waals surface area contributed by atoms with Crippen LogP contribution in [-0.2, 0) is 10.0 Å². The van der Waals surface area contributed by atoms with Gasteiger partial charge in [0, 0.05) is 26.0 Å². The smallest absolute Gasteiger partial charge is 0.267 e. The van der Waals surface area contributed by atoms with Gasteiger partial charge in [0.15, 0.2) is 0 Å². The highest BCUT2D eigenvalue weighted by Crippen LogP contribution is 2.18. The number of nitrogens with two attached hydrogens (primary N) is 1. The minimum Gasteiger partial charge on any atom is -0.341 e. The van der Waals surface area contributed by atoms with Gasteiger partial charge in [-0.15, -0.1) is 12.4 Å². The number of halogens is 1. The SMILES string of the molecule is Cc1ccc(S(=O)(=O)n2ccc(C(=O)N(C)CC(C)(C)CN)c2)cc1.Cl. The van der Waals surface area contributed by atoms with Gasteiger partial charge in [0.2, 0.25) is 0 Å². The number of nitrogens with zero attached hydrogens (tertiary/aromatic N) is 2. The minimum absolute atomic E-state index is 0. The van der Waals surface area contributed by atoms with Crippen LogP contribution in [0.1, 0.15) is 29.8 Å². The summed E-state index contributed by atoms with van der Waals surface area (Å²) in [7, 11) is -2.02. The minimum atomic E-state index is -3.71. The molecule has 0 saturated carbocycles. The van der Waals surface area contributed by atoms with Gasteiger partial charge in [0.25, 0.3) is 15.9 Å². The molecule has 6 nitrogen and oxygen atoms in total. The summed E-state index contributed by atoms with van der Waals surface area (Å²) in [4.78, 5) is 14.3. The summed E-state index contributed by atoms with van der Waals surface area (Å²) >= 11 is 0. The highest BCUT2D eigenvalue weighted by atomic mass is 35.5. The Labute approximate surface area is 161 Å². The van der Waals surface area contributed by atoms with Crippen molar-refractivity contribution in [3.8, 4) is 0 Å². The number of aromatic nitrogens is 1. The third kappa shape index (κ3) is 4.87. The quantitative estimate of drug-likeness (QED) is 0.808. The summed E-state index contributed by atoms with van der Waals surface area (Å²) in [6, 6.07) is 8.11. The fraction of sp³-hybridized carbons (Fsp3) is 0.389. The van der Waals surface area contributed by atoms with E-state index in [9.17, 15) is 13.2 Å². The topological polar surface area (TPSA) is 85.4 Å². The zero-order valence-corrected chi connectivity index (χ0v) is 17.1. The van der Waals surface area contributed by atoms with Gasteiger partial charge in [-0.05, 0) is 37.1 Å². The predicted molar refractivity (Wildman–Crippen MR) is 105 cm³/mol. The number of amides is 1. The van der Waals surface area contributed by atoms with Crippen molar-refractivity contribution >= 4 is 28.3 Å². The van der Waals surface area contributed by atoms with Crippen molar-refractivity contribution in [1.82, 2.24) is 8.87 Å². The maximum atomic E-state index is 12.6. The molecule has 1 aromatic heterocycles. The van der Waals surface area contributed by atoms with Gasteiger partial charge in [-0.2, -0.15) is 0 Å². The average Bonchev–Trinajstić information content (AvgIpc) is 3.05. The summed E-state index contributed by atoms with van der Waals surface area (Å²) in [6.07, 6.45) is 2.74. The third-order valence-electron chi connectivity index (χ3n) is 4.08. The van der Waals surface area contributed by atoms with Crippen molar-refractivity contribution in [2.24, 2.45) is 11.1 Å². The van der Waals surface area contributed by atoms with Crippen molar-refractivity contribution in [2.75, 3.05) is 20.1 Å². The van der Waals surface area contributed by atoms with E-state index >= 15 is 0 Å². The van der Waals surface area contributed by atoms with E-state index in [2.05, 4.69) is 0 Å². The van der Waals surface area contributed by atoms with E-state index in [0.717, 1.165) is 9.54 Å². The zero-order valence-electron chi connectivity index (χ0n) is 15.5. The van der Waals surface area contributed by atoms with E-state index in [4.69, 9.17) is 5.73 Å². The molecule has 144 valence electrons. The maximum absolute atomic E-state index is 12.6. The molecule has 0 fully saturated rings. The Morgan fingerprint density at radius 3 is 2.31 bits per heavy atom. The van der Waals surface area contributed by atoms with Crippen LogP contribution in [0.15, 0.2) is 47.6 Å². The van der Waals surface area contributed by atoms with Crippen LogP contribution in [0, 0.1) is 12.3 Å². The van der Waals surface area contributed by atoms with Crippen LogP contribution in [0.3, 0.4) is 0 Å².